The Labute approximate surface area is 129 Å². The van der Waals surface area contributed by atoms with Gasteiger partial charge in [0.15, 0.2) is 0 Å². The Hall–Kier alpha value is -2.34. The molecule has 0 spiro atoms. The average molecular weight is 302 g/mol. The van der Waals surface area contributed by atoms with Gasteiger partial charge < -0.3 is 14.2 Å². The van der Waals surface area contributed by atoms with Crippen LogP contribution in [0.5, 0.6) is 0 Å². The van der Waals surface area contributed by atoms with Crippen LogP contribution in [0.2, 0.25) is 0 Å². The maximum atomic E-state index is 10.7. The lowest BCUT2D eigenvalue weighted by molar-refractivity contribution is -0.914. The Bertz CT molecular complexity index is 643. The molecule has 2 aromatic rings. The number of quaternary nitrogens is 1. The number of nitro groups is 1. The first-order valence-electron chi connectivity index (χ1n) is 7.49. The lowest BCUT2D eigenvalue weighted by atomic mass is 10.2. The number of non-ortho nitro benzene ring substituents is 1. The zero-order valence-electron chi connectivity index (χ0n) is 12.6. The van der Waals surface area contributed by atoms with Gasteiger partial charge in [0, 0.05) is 23.4 Å². The highest BCUT2D eigenvalue weighted by molar-refractivity contribution is 5.51. The number of furan rings is 1. The number of piperazine rings is 1. The fraction of sp³-hybridized carbons (Fsp3) is 0.375. The van der Waals surface area contributed by atoms with Gasteiger partial charge in [0.2, 0.25) is 0 Å². The fourth-order valence-corrected chi connectivity index (χ4v) is 2.91. The maximum absolute atomic E-state index is 10.7. The lowest BCUT2D eigenvalue weighted by Gasteiger charge is -2.33. The standard InChI is InChI=1S/C16H19N3O3/c1-13-14(6-11-22-13)12-17-7-9-18(10-8-17)15-2-4-16(5-3-15)19(20)21/h2-6,11H,7-10,12H2,1H3/p+1. The van der Waals surface area contributed by atoms with E-state index in [0.717, 1.165) is 44.2 Å². The van der Waals surface area contributed by atoms with E-state index in [0.29, 0.717) is 0 Å². The average Bonchev–Trinajstić information content (AvgIpc) is 2.93. The molecule has 1 aromatic heterocycles. The first-order valence-corrected chi connectivity index (χ1v) is 7.49. The molecule has 0 atom stereocenters. The number of benzene rings is 1. The van der Waals surface area contributed by atoms with Crippen LogP contribution in [0, 0.1) is 17.0 Å². The molecule has 116 valence electrons. The van der Waals surface area contributed by atoms with Gasteiger partial charge in [-0.25, -0.2) is 0 Å². The molecule has 0 unspecified atom stereocenters. The van der Waals surface area contributed by atoms with E-state index in [-0.39, 0.29) is 10.6 Å². The highest BCUT2D eigenvalue weighted by Crippen LogP contribution is 2.19. The van der Waals surface area contributed by atoms with E-state index >= 15 is 0 Å². The predicted molar refractivity (Wildman–Crippen MR) is 83.2 cm³/mol. The van der Waals surface area contributed by atoms with Crippen molar-refractivity contribution in [3.05, 3.63) is 58.0 Å². The van der Waals surface area contributed by atoms with E-state index in [9.17, 15) is 10.1 Å². The van der Waals surface area contributed by atoms with Crippen molar-refractivity contribution in [3.8, 4) is 0 Å². The molecule has 1 aliphatic rings. The zero-order chi connectivity index (χ0) is 15.5. The van der Waals surface area contributed by atoms with Crippen LogP contribution < -0.4 is 9.80 Å². The second-order valence-electron chi connectivity index (χ2n) is 5.69. The smallest absolute Gasteiger partial charge is 0.269 e. The topological polar surface area (TPSA) is 64.0 Å². The van der Waals surface area contributed by atoms with Crippen molar-refractivity contribution in [2.45, 2.75) is 13.5 Å². The third-order valence-corrected chi connectivity index (χ3v) is 4.30. The summed E-state index contributed by atoms with van der Waals surface area (Å²) in [5, 5.41) is 10.7. The predicted octanol–water partition coefficient (Wildman–Crippen LogP) is 1.40. The van der Waals surface area contributed by atoms with E-state index in [1.165, 1.54) is 5.56 Å². The molecule has 0 aliphatic carbocycles. The van der Waals surface area contributed by atoms with Crippen LogP contribution in [0.4, 0.5) is 11.4 Å². The minimum absolute atomic E-state index is 0.142. The normalized spacial score (nSPS) is 16.0. The second kappa shape index (κ2) is 6.19. The Balaban J connectivity index is 1.57. The van der Waals surface area contributed by atoms with Gasteiger partial charge in [0.1, 0.15) is 12.3 Å². The van der Waals surface area contributed by atoms with Crippen LogP contribution >= 0.6 is 0 Å². The van der Waals surface area contributed by atoms with Gasteiger partial charge in [0.05, 0.1) is 37.4 Å². The number of nitro benzene ring substituents is 1. The monoisotopic (exact) mass is 302 g/mol. The minimum Gasteiger partial charge on any atom is -0.469 e. The van der Waals surface area contributed by atoms with Crippen molar-refractivity contribution < 1.29 is 14.2 Å². The molecule has 0 bridgehead atoms. The van der Waals surface area contributed by atoms with Crippen molar-refractivity contribution in [2.24, 2.45) is 0 Å². The van der Waals surface area contributed by atoms with Crippen LogP contribution in [0.25, 0.3) is 0 Å². The minimum atomic E-state index is -0.362. The quantitative estimate of drug-likeness (QED) is 0.685. The highest BCUT2D eigenvalue weighted by atomic mass is 16.6. The molecule has 1 aliphatic heterocycles. The summed E-state index contributed by atoms with van der Waals surface area (Å²) in [5.74, 6) is 1.00. The third-order valence-electron chi connectivity index (χ3n) is 4.30. The van der Waals surface area contributed by atoms with Crippen molar-refractivity contribution in [2.75, 3.05) is 31.1 Å². The van der Waals surface area contributed by atoms with Gasteiger partial charge in [-0.1, -0.05) is 0 Å². The van der Waals surface area contributed by atoms with E-state index < -0.39 is 0 Å². The highest BCUT2D eigenvalue weighted by Gasteiger charge is 2.21. The van der Waals surface area contributed by atoms with Crippen LogP contribution in [0.1, 0.15) is 11.3 Å². The first-order chi connectivity index (χ1) is 10.6. The number of rotatable bonds is 4. The fourth-order valence-electron chi connectivity index (χ4n) is 2.91. The van der Waals surface area contributed by atoms with E-state index in [4.69, 9.17) is 4.42 Å². The summed E-state index contributed by atoms with van der Waals surface area (Å²) < 4.78 is 5.35. The number of anilines is 1. The molecule has 1 fully saturated rings. The first kappa shape index (κ1) is 14.6. The maximum Gasteiger partial charge on any atom is 0.269 e. The summed E-state index contributed by atoms with van der Waals surface area (Å²) in [6, 6.07) is 8.87. The van der Waals surface area contributed by atoms with Crippen LogP contribution in [-0.4, -0.2) is 31.1 Å². The molecule has 3 rings (SSSR count). The molecule has 0 radical (unpaired) electrons. The van der Waals surface area contributed by atoms with Crippen molar-refractivity contribution in [1.82, 2.24) is 0 Å². The van der Waals surface area contributed by atoms with Crippen molar-refractivity contribution in [3.63, 3.8) is 0 Å². The SMILES string of the molecule is Cc1occc1C[NH+]1CCN(c2ccc([N+](=O)[O-])cc2)CC1. The van der Waals surface area contributed by atoms with Gasteiger partial charge in [-0.05, 0) is 25.1 Å². The van der Waals surface area contributed by atoms with Crippen LogP contribution in [-0.2, 0) is 6.54 Å². The molecule has 1 aromatic carbocycles. The molecule has 0 saturated carbocycles. The second-order valence-corrected chi connectivity index (χ2v) is 5.69. The van der Waals surface area contributed by atoms with Gasteiger partial charge >= 0.3 is 0 Å². The number of nitrogens with zero attached hydrogens (tertiary/aromatic N) is 2. The summed E-state index contributed by atoms with van der Waals surface area (Å²) >= 11 is 0. The molecular weight excluding hydrogens is 282 g/mol. The molecule has 0 amide bonds. The van der Waals surface area contributed by atoms with E-state index in [2.05, 4.69) is 4.90 Å². The van der Waals surface area contributed by atoms with Gasteiger partial charge in [-0.3, -0.25) is 10.1 Å². The number of nitrogens with one attached hydrogen (secondary N) is 1. The molecule has 6 nitrogen and oxygen atoms in total. The summed E-state index contributed by atoms with van der Waals surface area (Å²) in [7, 11) is 0. The zero-order valence-corrected chi connectivity index (χ0v) is 12.6. The summed E-state index contributed by atoms with van der Waals surface area (Å²) in [4.78, 5) is 14.2. The summed E-state index contributed by atoms with van der Waals surface area (Å²) in [6.07, 6.45) is 1.75. The molecule has 1 saturated heterocycles. The molecule has 22 heavy (non-hydrogen) atoms. The van der Waals surface area contributed by atoms with Gasteiger partial charge in [0.25, 0.3) is 5.69 Å². The summed E-state index contributed by atoms with van der Waals surface area (Å²) in [6.45, 7) is 7.04. The largest absolute Gasteiger partial charge is 0.469 e. The number of aryl methyl sites for hydroxylation is 1. The Morgan fingerprint density at radius 3 is 2.45 bits per heavy atom. The van der Waals surface area contributed by atoms with Crippen LogP contribution in [0.3, 0.4) is 0 Å². The number of hydrogen-bond acceptors (Lipinski definition) is 4. The van der Waals surface area contributed by atoms with Gasteiger partial charge in [-0.15, -0.1) is 0 Å². The number of hydrogen-bond donors (Lipinski definition) is 1. The van der Waals surface area contributed by atoms with E-state index in [1.807, 2.05) is 25.1 Å². The Morgan fingerprint density at radius 2 is 1.91 bits per heavy atom. The van der Waals surface area contributed by atoms with Crippen LogP contribution in [0.15, 0.2) is 41.0 Å². The third kappa shape index (κ3) is 3.12. The van der Waals surface area contributed by atoms with E-state index in [1.54, 1.807) is 23.3 Å². The summed E-state index contributed by atoms with van der Waals surface area (Å²) in [5.41, 5.74) is 2.48. The Morgan fingerprint density at radius 1 is 1.23 bits per heavy atom. The van der Waals surface area contributed by atoms with Crippen molar-refractivity contribution in [1.29, 1.82) is 0 Å². The molecule has 1 N–H and O–H groups in total. The molecule has 6 heteroatoms. The molecule has 2 heterocycles. The lowest BCUT2D eigenvalue weighted by Crippen LogP contribution is -3.13. The Kier molecular flexibility index (Phi) is 4.11. The molecular formula is C16H20N3O3+. The van der Waals surface area contributed by atoms with Crippen molar-refractivity contribution >= 4 is 11.4 Å². The van der Waals surface area contributed by atoms with Gasteiger partial charge in [-0.2, -0.15) is 0 Å².